The number of aryl methyl sites for hydroxylation is 3. The number of benzene rings is 1. The summed E-state index contributed by atoms with van der Waals surface area (Å²) in [5, 5.41) is 3.22. The van der Waals surface area contributed by atoms with Crippen molar-refractivity contribution < 1.29 is 9.69 Å². The van der Waals surface area contributed by atoms with Crippen LogP contribution >= 0.6 is 0 Å². The Kier molecular flexibility index (Phi) is 5.63. The molecule has 2 rings (SSSR count). The normalized spacial score (nSPS) is 21.9. The molecule has 2 unspecified atom stereocenters. The lowest BCUT2D eigenvalue weighted by Crippen LogP contribution is -3.18. The lowest BCUT2D eigenvalue weighted by molar-refractivity contribution is -0.923. The molecule has 2 N–H and O–H groups in total. The number of likely N-dealkylation sites (tertiary alicyclic amines) is 1. The van der Waals surface area contributed by atoms with Gasteiger partial charge in [0.25, 0.3) is 5.91 Å². The predicted molar refractivity (Wildman–Crippen MR) is 92.5 cm³/mol. The van der Waals surface area contributed by atoms with Crippen LogP contribution < -0.4 is 10.2 Å². The highest BCUT2D eigenvalue weighted by Gasteiger charge is 2.33. The van der Waals surface area contributed by atoms with Gasteiger partial charge in [-0.25, -0.2) is 0 Å². The number of hydrogen-bond acceptors (Lipinski definition) is 1. The van der Waals surface area contributed by atoms with Crippen LogP contribution in [0, 0.1) is 26.7 Å². The summed E-state index contributed by atoms with van der Waals surface area (Å²) in [6.45, 7) is 13.0. The van der Waals surface area contributed by atoms with Crippen LogP contribution in [0.15, 0.2) is 12.1 Å². The van der Waals surface area contributed by atoms with Gasteiger partial charge in [-0.05, 0) is 44.7 Å². The molecule has 122 valence electrons. The van der Waals surface area contributed by atoms with E-state index in [0.29, 0.717) is 5.92 Å². The first-order valence-electron chi connectivity index (χ1n) is 8.61. The Morgan fingerprint density at radius 3 is 2.45 bits per heavy atom. The number of anilines is 1. The van der Waals surface area contributed by atoms with Crippen LogP contribution in [0.1, 0.15) is 49.8 Å². The summed E-state index contributed by atoms with van der Waals surface area (Å²) >= 11 is 0. The van der Waals surface area contributed by atoms with Gasteiger partial charge in [-0.15, -0.1) is 0 Å². The van der Waals surface area contributed by atoms with E-state index in [9.17, 15) is 4.79 Å². The Hall–Kier alpha value is -1.35. The molecule has 1 amide bonds. The standard InChI is InChI=1S/C19H30N2O/c1-13(2)12-21-9-7-6-8-17(21)19(22)20-18-15(4)10-14(3)11-16(18)5/h10-11,13,17H,6-9,12H2,1-5H3,(H,20,22)/p+1. The molecule has 1 aromatic carbocycles. The molecule has 22 heavy (non-hydrogen) atoms. The van der Waals surface area contributed by atoms with Crippen molar-refractivity contribution in [3.63, 3.8) is 0 Å². The van der Waals surface area contributed by atoms with Gasteiger partial charge in [0, 0.05) is 18.0 Å². The molecule has 3 nitrogen and oxygen atoms in total. The molecule has 0 aromatic heterocycles. The van der Waals surface area contributed by atoms with E-state index in [-0.39, 0.29) is 11.9 Å². The maximum Gasteiger partial charge on any atom is 0.282 e. The van der Waals surface area contributed by atoms with Crippen LogP contribution in [0.2, 0.25) is 0 Å². The van der Waals surface area contributed by atoms with Crippen molar-refractivity contribution in [1.82, 2.24) is 0 Å². The fraction of sp³-hybridized carbons (Fsp3) is 0.632. The van der Waals surface area contributed by atoms with Crippen LogP contribution in [0.4, 0.5) is 5.69 Å². The first kappa shape index (κ1) is 17.0. The van der Waals surface area contributed by atoms with Crippen LogP contribution in [0.25, 0.3) is 0 Å². The summed E-state index contributed by atoms with van der Waals surface area (Å²) in [5.74, 6) is 0.830. The van der Waals surface area contributed by atoms with Gasteiger partial charge >= 0.3 is 0 Å². The molecule has 1 aliphatic rings. The summed E-state index contributed by atoms with van der Waals surface area (Å²) < 4.78 is 0. The van der Waals surface area contributed by atoms with E-state index in [1.165, 1.54) is 23.3 Å². The summed E-state index contributed by atoms with van der Waals surface area (Å²) in [7, 11) is 0. The summed E-state index contributed by atoms with van der Waals surface area (Å²) in [6.07, 6.45) is 3.43. The Balaban J connectivity index is 2.13. The van der Waals surface area contributed by atoms with Gasteiger partial charge in [-0.3, -0.25) is 4.79 Å². The molecule has 1 fully saturated rings. The number of nitrogens with one attached hydrogen (secondary N) is 2. The molecule has 1 aromatic rings. The summed E-state index contributed by atoms with van der Waals surface area (Å²) in [6, 6.07) is 4.39. The van der Waals surface area contributed by atoms with Gasteiger partial charge in [-0.2, -0.15) is 0 Å². The van der Waals surface area contributed by atoms with Crippen LogP contribution in [-0.4, -0.2) is 25.0 Å². The van der Waals surface area contributed by atoms with Crippen LogP contribution in [0.3, 0.4) is 0 Å². The minimum atomic E-state index is 0.108. The summed E-state index contributed by atoms with van der Waals surface area (Å²) in [4.78, 5) is 14.3. The van der Waals surface area contributed by atoms with Crippen molar-refractivity contribution in [2.45, 2.75) is 59.9 Å². The Morgan fingerprint density at radius 2 is 1.86 bits per heavy atom. The number of piperidine rings is 1. The average molecular weight is 303 g/mol. The lowest BCUT2D eigenvalue weighted by atomic mass is 9.99. The smallest absolute Gasteiger partial charge is 0.282 e. The van der Waals surface area contributed by atoms with E-state index in [2.05, 4.69) is 52.1 Å². The molecule has 1 heterocycles. The highest BCUT2D eigenvalue weighted by atomic mass is 16.2. The summed E-state index contributed by atoms with van der Waals surface area (Å²) in [5.41, 5.74) is 4.57. The Morgan fingerprint density at radius 1 is 1.23 bits per heavy atom. The number of quaternary nitrogens is 1. The average Bonchev–Trinajstić information content (AvgIpc) is 2.42. The maximum atomic E-state index is 12.8. The van der Waals surface area contributed by atoms with E-state index in [1.54, 1.807) is 0 Å². The van der Waals surface area contributed by atoms with Crippen molar-refractivity contribution in [3.8, 4) is 0 Å². The number of rotatable bonds is 4. The molecule has 0 radical (unpaired) electrons. The molecule has 1 aliphatic heterocycles. The molecular weight excluding hydrogens is 272 g/mol. The van der Waals surface area contributed by atoms with Crippen LogP contribution in [0.5, 0.6) is 0 Å². The monoisotopic (exact) mass is 303 g/mol. The van der Waals surface area contributed by atoms with Crippen molar-refractivity contribution >= 4 is 11.6 Å². The maximum absolute atomic E-state index is 12.8. The highest BCUT2D eigenvalue weighted by molar-refractivity contribution is 5.95. The van der Waals surface area contributed by atoms with Crippen LogP contribution in [-0.2, 0) is 4.79 Å². The number of amides is 1. The third-order valence-electron chi connectivity index (χ3n) is 4.65. The third kappa shape index (κ3) is 4.10. The van der Waals surface area contributed by atoms with Gasteiger partial charge < -0.3 is 10.2 Å². The first-order chi connectivity index (χ1) is 10.4. The second-order valence-corrected chi connectivity index (χ2v) is 7.32. The zero-order valence-corrected chi connectivity index (χ0v) is 14.8. The van der Waals surface area contributed by atoms with Crippen molar-refractivity contribution in [1.29, 1.82) is 0 Å². The topological polar surface area (TPSA) is 33.5 Å². The van der Waals surface area contributed by atoms with Gasteiger partial charge in [0.2, 0.25) is 0 Å². The molecule has 0 bridgehead atoms. The van der Waals surface area contributed by atoms with E-state index in [0.717, 1.165) is 36.3 Å². The zero-order valence-electron chi connectivity index (χ0n) is 14.8. The third-order valence-corrected chi connectivity index (χ3v) is 4.65. The molecule has 2 atom stereocenters. The molecule has 0 aliphatic carbocycles. The SMILES string of the molecule is Cc1cc(C)c(NC(=O)C2CCCC[NH+]2CC(C)C)c(C)c1. The molecule has 3 heteroatoms. The largest absolute Gasteiger partial charge is 0.324 e. The minimum absolute atomic E-state index is 0.108. The highest BCUT2D eigenvalue weighted by Crippen LogP contribution is 2.22. The minimum Gasteiger partial charge on any atom is -0.324 e. The van der Waals surface area contributed by atoms with E-state index >= 15 is 0 Å². The fourth-order valence-corrected chi connectivity index (χ4v) is 3.75. The van der Waals surface area contributed by atoms with E-state index in [4.69, 9.17) is 0 Å². The number of carbonyl (C=O) groups excluding carboxylic acids is 1. The van der Waals surface area contributed by atoms with Crippen molar-refractivity contribution in [2.75, 3.05) is 18.4 Å². The second kappa shape index (κ2) is 7.28. The van der Waals surface area contributed by atoms with Crippen molar-refractivity contribution in [3.05, 3.63) is 28.8 Å². The van der Waals surface area contributed by atoms with Gasteiger partial charge in [0.15, 0.2) is 6.04 Å². The quantitative estimate of drug-likeness (QED) is 0.881. The van der Waals surface area contributed by atoms with Gasteiger partial charge in [-0.1, -0.05) is 31.5 Å². The molecule has 0 spiro atoms. The fourth-order valence-electron chi connectivity index (χ4n) is 3.75. The lowest BCUT2D eigenvalue weighted by Gasteiger charge is -2.33. The predicted octanol–water partition coefficient (Wildman–Crippen LogP) is 2.64. The number of carbonyl (C=O) groups is 1. The Bertz CT molecular complexity index is 513. The second-order valence-electron chi connectivity index (χ2n) is 7.32. The van der Waals surface area contributed by atoms with E-state index in [1.807, 2.05) is 0 Å². The molecule has 0 saturated carbocycles. The van der Waals surface area contributed by atoms with Gasteiger partial charge in [0.1, 0.15) is 0 Å². The van der Waals surface area contributed by atoms with Gasteiger partial charge in [0.05, 0.1) is 13.1 Å². The van der Waals surface area contributed by atoms with E-state index < -0.39 is 0 Å². The number of hydrogen-bond donors (Lipinski definition) is 2. The Labute approximate surface area is 135 Å². The molecule has 1 saturated heterocycles. The molecular formula is C19H31N2O+. The van der Waals surface area contributed by atoms with Crippen molar-refractivity contribution in [2.24, 2.45) is 5.92 Å². The zero-order chi connectivity index (χ0) is 16.3. The first-order valence-corrected chi connectivity index (χ1v) is 8.61.